The number of aliphatic carboxylic acids is 1. The van der Waals surface area contributed by atoms with Crippen molar-refractivity contribution in [2.45, 2.75) is 25.8 Å². The molecule has 1 aromatic rings. The number of carboxylic acids is 1. The number of likely N-dealkylation sites (N-methyl/N-ethyl adjacent to an activating group) is 1. The van der Waals surface area contributed by atoms with Crippen LogP contribution in [0.15, 0.2) is 24.3 Å². The van der Waals surface area contributed by atoms with Crippen molar-refractivity contribution in [3.8, 4) is 0 Å². The molecule has 0 radical (unpaired) electrons. The predicted octanol–water partition coefficient (Wildman–Crippen LogP) is 1.16. The van der Waals surface area contributed by atoms with Gasteiger partial charge in [0.05, 0.1) is 17.9 Å². The molecule has 124 valence electrons. The van der Waals surface area contributed by atoms with Gasteiger partial charge in [-0.25, -0.2) is 0 Å². The van der Waals surface area contributed by atoms with E-state index < -0.39 is 12.0 Å². The Bertz CT molecular complexity index is 617. The summed E-state index contributed by atoms with van der Waals surface area (Å²) in [4.78, 5) is 38.1. The number of hydrogen-bond donors (Lipinski definition) is 2. The molecule has 23 heavy (non-hydrogen) atoms. The average molecular weight is 319 g/mol. The Balaban J connectivity index is 2.07. The maximum Gasteiger partial charge on any atom is 0.320 e. The van der Waals surface area contributed by atoms with Crippen LogP contribution in [0, 0.1) is 0 Å². The van der Waals surface area contributed by atoms with Crippen molar-refractivity contribution in [1.29, 1.82) is 0 Å². The highest BCUT2D eigenvalue weighted by atomic mass is 16.4. The Morgan fingerprint density at radius 2 is 2.09 bits per heavy atom. The molecule has 1 saturated heterocycles. The first-order valence-corrected chi connectivity index (χ1v) is 7.52. The number of hydrogen-bond acceptors (Lipinski definition) is 4. The van der Waals surface area contributed by atoms with Gasteiger partial charge < -0.3 is 15.3 Å². The number of carbonyl (C=O) groups is 3. The van der Waals surface area contributed by atoms with Gasteiger partial charge in [0.25, 0.3) is 0 Å². The summed E-state index contributed by atoms with van der Waals surface area (Å²) in [5.74, 6) is -1.26. The molecule has 2 amide bonds. The number of rotatable bonds is 6. The molecule has 1 unspecified atom stereocenters. The quantitative estimate of drug-likeness (QED) is 0.821. The summed E-state index contributed by atoms with van der Waals surface area (Å²) in [7, 11) is 1.58. The van der Waals surface area contributed by atoms with Crippen LogP contribution in [0.25, 0.3) is 0 Å². The van der Waals surface area contributed by atoms with E-state index in [2.05, 4.69) is 5.32 Å². The van der Waals surface area contributed by atoms with Gasteiger partial charge in [0, 0.05) is 13.0 Å². The summed E-state index contributed by atoms with van der Waals surface area (Å²) < 4.78 is 0. The number of carbonyl (C=O) groups excluding carboxylic acids is 2. The van der Waals surface area contributed by atoms with Crippen LogP contribution in [0.4, 0.5) is 11.4 Å². The van der Waals surface area contributed by atoms with Crippen LogP contribution < -0.4 is 10.2 Å². The summed E-state index contributed by atoms with van der Waals surface area (Å²) in [5.41, 5.74) is 1.24. The van der Waals surface area contributed by atoms with E-state index in [9.17, 15) is 14.4 Å². The van der Waals surface area contributed by atoms with Gasteiger partial charge in [-0.2, -0.15) is 0 Å². The van der Waals surface area contributed by atoms with E-state index in [1.165, 1.54) is 11.8 Å². The molecule has 0 bridgehead atoms. The second-order valence-electron chi connectivity index (χ2n) is 5.64. The maximum atomic E-state index is 12.1. The number of nitrogens with zero attached hydrogens (tertiary/aromatic N) is 2. The Labute approximate surface area is 134 Å². The van der Waals surface area contributed by atoms with Gasteiger partial charge in [-0.3, -0.25) is 19.3 Å². The van der Waals surface area contributed by atoms with E-state index >= 15 is 0 Å². The van der Waals surface area contributed by atoms with Gasteiger partial charge in [0.2, 0.25) is 11.8 Å². The fraction of sp³-hybridized carbons (Fsp3) is 0.438. The average Bonchev–Trinajstić information content (AvgIpc) is 2.92. The number of para-hydroxylation sites is 2. The smallest absolute Gasteiger partial charge is 0.320 e. The lowest BCUT2D eigenvalue weighted by molar-refractivity contribution is -0.142. The van der Waals surface area contributed by atoms with Crippen molar-refractivity contribution in [3.63, 3.8) is 0 Å². The van der Waals surface area contributed by atoms with Gasteiger partial charge in [0.1, 0.15) is 6.04 Å². The summed E-state index contributed by atoms with van der Waals surface area (Å²) in [5, 5.41) is 11.7. The molecular formula is C16H21N3O4. The number of nitrogens with one attached hydrogen (secondary N) is 1. The Hall–Kier alpha value is -2.41. The Morgan fingerprint density at radius 3 is 2.70 bits per heavy atom. The molecule has 1 heterocycles. The van der Waals surface area contributed by atoms with Crippen LogP contribution in [0.3, 0.4) is 0 Å². The first-order chi connectivity index (χ1) is 10.9. The highest BCUT2D eigenvalue weighted by Gasteiger charge is 2.25. The van der Waals surface area contributed by atoms with Crippen LogP contribution in [0.1, 0.15) is 19.8 Å². The van der Waals surface area contributed by atoms with E-state index in [1.807, 2.05) is 6.07 Å². The molecule has 0 aromatic heterocycles. The zero-order valence-electron chi connectivity index (χ0n) is 13.3. The molecule has 1 atom stereocenters. The van der Waals surface area contributed by atoms with Crippen molar-refractivity contribution < 1.29 is 19.5 Å². The maximum absolute atomic E-state index is 12.1. The minimum atomic E-state index is -0.983. The van der Waals surface area contributed by atoms with Crippen molar-refractivity contribution >= 4 is 29.2 Å². The zero-order chi connectivity index (χ0) is 17.0. The highest BCUT2D eigenvalue weighted by molar-refractivity contribution is 6.02. The van der Waals surface area contributed by atoms with Crippen molar-refractivity contribution in [2.75, 3.05) is 30.4 Å². The van der Waals surface area contributed by atoms with Crippen molar-refractivity contribution in [1.82, 2.24) is 4.90 Å². The van der Waals surface area contributed by atoms with E-state index in [0.717, 1.165) is 6.42 Å². The lowest BCUT2D eigenvalue weighted by Gasteiger charge is -2.22. The molecule has 0 saturated carbocycles. The van der Waals surface area contributed by atoms with E-state index in [-0.39, 0.29) is 18.4 Å². The third kappa shape index (κ3) is 4.07. The van der Waals surface area contributed by atoms with Gasteiger partial charge in [0.15, 0.2) is 0 Å². The Morgan fingerprint density at radius 1 is 1.39 bits per heavy atom. The molecule has 7 heteroatoms. The zero-order valence-corrected chi connectivity index (χ0v) is 13.3. The molecule has 0 spiro atoms. The van der Waals surface area contributed by atoms with Gasteiger partial charge in [-0.05, 0) is 32.5 Å². The molecule has 1 aromatic carbocycles. The molecule has 1 aliphatic heterocycles. The van der Waals surface area contributed by atoms with Crippen molar-refractivity contribution in [3.05, 3.63) is 24.3 Å². The number of amides is 2. The van der Waals surface area contributed by atoms with Crippen LogP contribution >= 0.6 is 0 Å². The first kappa shape index (κ1) is 17.0. The summed E-state index contributed by atoms with van der Waals surface area (Å²) in [6, 6.07) is 6.37. The fourth-order valence-electron chi connectivity index (χ4n) is 2.46. The van der Waals surface area contributed by atoms with Crippen LogP contribution in [0.5, 0.6) is 0 Å². The van der Waals surface area contributed by atoms with Crippen LogP contribution in [0.2, 0.25) is 0 Å². The molecule has 2 N–H and O–H groups in total. The third-order valence-electron chi connectivity index (χ3n) is 3.95. The topological polar surface area (TPSA) is 89.9 Å². The SMILES string of the molecule is CC(C(=O)O)N(C)CC(=O)Nc1ccccc1N1CCCC1=O. The molecular weight excluding hydrogens is 298 g/mol. The van der Waals surface area contributed by atoms with Gasteiger partial charge in [-0.15, -0.1) is 0 Å². The molecule has 1 fully saturated rings. The summed E-state index contributed by atoms with van der Waals surface area (Å²) in [6.45, 7) is 2.11. The van der Waals surface area contributed by atoms with Gasteiger partial charge >= 0.3 is 5.97 Å². The van der Waals surface area contributed by atoms with Crippen molar-refractivity contribution in [2.24, 2.45) is 0 Å². The predicted molar refractivity (Wildman–Crippen MR) is 86.4 cm³/mol. The third-order valence-corrected chi connectivity index (χ3v) is 3.95. The van der Waals surface area contributed by atoms with E-state index in [0.29, 0.717) is 24.3 Å². The minimum absolute atomic E-state index is 0.0447. The standard InChI is InChI=1S/C16H21N3O4/c1-11(16(22)23)18(2)10-14(20)17-12-6-3-4-7-13(12)19-9-5-8-15(19)21/h3-4,6-7,11H,5,8-10H2,1-2H3,(H,17,20)(H,22,23). The van der Waals surface area contributed by atoms with Gasteiger partial charge in [-0.1, -0.05) is 12.1 Å². The van der Waals surface area contributed by atoms with Crippen LogP contribution in [-0.2, 0) is 14.4 Å². The largest absolute Gasteiger partial charge is 0.480 e. The fourth-order valence-corrected chi connectivity index (χ4v) is 2.46. The lowest BCUT2D eigenvalue weighted by atomic mass is 10.2. The monoisotopic (exact) mass is 319 g/mol. The summed E-state index contributed by atoms with van der Waals surface area (Å²) >= 11 is 0. The number of anilines is 2. The number of benzene rings is 1. The molecule has 0 aliphatic carbocycles. The molecule has 1 aliphatic rings. The highest BCUT2D eigenvalue weighted by Crippen LogP contribution is 2.29. The molecule has 7 nitrogen and oxygen atoms in total. The second kappa shape index (κ2) is 7.23. The first-order valence-electron chi connectivity index (χ1n) is 7.52. The normalized spacial score (nSPS) is 15.8. The second-order valence-corrected chi connectivity index (χ2v) is 5.64. The molecule has 2 rings (SSSR count). The minimum Gasteiger partial charge on any atom is -0.480 e. The number of carboxylic acid groups (broad SMARTS) is 1. The summed E-state index contributed by atoms with van der Waals surface area (Å²) in [6.07, 6.45) is 1.32. The van der Waals surface area contributed by atoms with Crippen LogP contribution in [-0.4, -0.2) is 54.0 Å². The Kier molecular flexibility index (Phi) is 5.33. The van der Waals surface area contributed by atoms with E-state index in [1.54, 1.807) is 30.1 Å². The van der Waals surface area contributed by atoms with E-state index in [4.69, 9.17) is 5.11 Å². The lowest BCUT2D eigenvalue weighted by Crippen LogP contribution is -2.40.